The molecule has 3 aromatic rings. The largest absolute Gasteiger partial charge is 0.446 e. The van der Waals surface area contributed by atoms with Crippen LogP contribution in [0.4, 0.5) is 10.5 Å². The number of piperidine rings is 1. The van der Waals surface area contributed by atoms with Crippen molar-refractivity contribution in [3.8, 4) is 11.1 Å². The van der Waals surface area contributed by atoms with Gasteiger partial charge in [0, 0.05) is 51.5 Å². The van der Waals surface area contributed by atoms with Gasteiger partial charge >= 0.3 is 6.09 Å². The van der Waals surface area contributed by atoms with Crippen LogP contribution < -0.4 is 10.6 Å². The van der Waals surface area contributed by atoms with E-state index in [2.05, 4.69) is 20.5 Å². The lowest BCUT2D eigenvalue weighted by Gasteiger charge is -2.32. The van der Waals surface area contributed by atoms with Crippen molar-refractivity contribution in [3.05, 3.63) is 84.2 Å². The van der Waals surface area contributed by atoms with Gasteiger partial charge in [0.2, 0.25) is 0 Å². The predicted molar refractivity (Wildman–Crippen MR) is 145 cm³/mol. The van der Waals surface area contributed by atoms with E-state index in [0.717, 1.165) is 61.4 Å². The highest BCUT2D eigenvalue weighted by Crippen LogP contribution is 2.28. The average molecular weight is 502 g/mol. The number of nitrogens with zero attached hydrogens (tertiary/aromatic N) is 3. The molecule has 0 bridgehead atoms. The van der Waals surface area contributed by atoms with Crippen LogP contribution in [0.3, 0.4) is 0 Å². The average Bonchev–Trinajstić information content (AvgIpc) is 2.93. The quantitative estimate of drug-likeness (QED) is 0.456. The molecule has 1 aliphatic rings. The molecule has 194 valence electrons. The van der Waals surface area contributed by atoms with Gasteiger partial charge in [0.15, 0.2) is 0 Å². The van der Waals surface area contributed by atoms with Crippen LogP contribution in [0.2, 0.25) is 0 Å². The first-order chi connectivity index (χ1) is 18.0. The molecule has 1 aromatic heterocycles. The van der Waals surface area contributed by atoms with Crippen LogP contribution in [-0.2, 0) is 11.3 Å². The number of aromatic nitrogens is 1. The van der Waals surface area contributed by atoms with E-state index in [-0.39, 0.29) is 12.0 Å². The lowest BCUT2D eigenvalue weighted by Crippen LogP contribution is -2.42. The number of pyridine rings is 1. The van der Waals surface area contributed by atoms with Crippen molar-refractivity contribution in [3.63, 3.8) is 0 Å². The summed E-state index contributed by atoms with van der Waals surface area (Å²) in [5.74, 6) is -0.0818. The van der Waals surface area contributed by atoms with Crippen LogP contribution in [0.15, 0.2) is 72.9 Å². The summed E-state index contributed by atoms with van der Waals surface area (Å²) in [5, 5.41) is 5.99. The van der Waals surface area contributed by atoms with Gasteiger partial charge in [-0.15, -0.1) is 0 Å². The fourth-order valence-electron chi connectivity index (χ4n) is 4.45. The Kier molecular flexibility index (Phi) is 9.24. The number of ether oxygens (including phenoxy) is 1. The second-order valence-corrected chi connectivity index (χ2v) is 9.29. The van der Waals surface area contributed by atoms with Crippen LogP contribution in [0.1, 0.15) is 28.9 Å². The zero-order valence-electron chi connectivity index (χ0n) is 21.5. The van der Waals surface area contributed by atoms with Crippen molar-refractivity contribution in [1.82, 2.24) is 20.1 Å². The number of likely N-dealkylation sites (N-methyl/N-ethyl adjacent to an activating group) is 1. The Balaban J connectivity index is 1.20. The standard InChI is InChI=1S/C29H35N5O3/c1-30-20-22-12-13-27(31-21-22)28(35)33(2)18-19-34-16-14-24(15-17-34)37-29(36)32-26-11-7-6-10-25(26)23-8-4-3-5-9-23/h3-13,21,24,30H,14-20H2,1-2H3,(H,32,36). The molecule has 37 heavy (non-hydrogen) atoms. The van der Waals surface area contributed by atoms with Gasteiger partial charge in [0.05, 0.1) is 5.69 Å². The molecule has 0 unspecified atom stereocenters. The van der Waals surface area contributed by atoms with Gasteiger partial charge in [-0.25, -0.2) is 4.79 Å². The molecule has 0 saturated carbocycles. The number of rotatable bonds is 9. The topological polar surface area (TPSA) is 86.8 Å². The number of nitrogens with one attached hydrogen (secondary N) is 2. The molecule has 2 aromatic carbocycles. The van der Waals surface area contributed by atoms with Crippen molar-refractivity contribution in [2.75, 3.05) is 45.6 Å². The highest BCUT2D eigenvalue weighted by atomic mass is 16.6. The zero-order chi connectivity index (χ0) is 26.0. The van der Waals surface area contributed by atoms with E-state index in [1.165, 1.54) is 0 Å². The third-order valence-corrected chi connectivity index (χ3v) is 6.58. The maximum absolute atomic E-state index is 12.7. The van der Waals surface area contributed by atoms with Crippen molar-refractivity contribution in [2.45, 2.75) is 25.5 Å². The number of hydrogen-bond acceptors (Lipinski definition) is 6. The fourth-order valence-corrected chi connectivity index (χ4v) is 4.45. The first-order valence-corrected chi connectivity index (χ1v) is 12.7. The van der Waals surface area contributed by atoms with E-state index >= 15 is 0 Å². The lowest BCUT2D eigenvalue weighted by molar-refractivity contribution is 0.0539. The highest BCUT2D eigenvalue weighted by molar-refractivity contribution is 5.92. The molecule has 2 amide bonds. The summed E-state index contributed by atoms with van der Waals surface area (Å²) in [6.45, 7) is 3.74. The molecular weight excluding hydrogens is 466 g/mol. The zero-order valence-corrected chi connectivity index (χ0v) is 21.5. The normalized spacial score (nSPS) is 14.2. The molecule has 2 N–H and O–H groups in total. The minimum Gasteiger partial charge on any atom is -0.446 e. The van der Waals surface area contributed by atoms with Crippen molar-refractivity contribution >= 4 is 17.7 Å². The van der Waals surface area contributed by atoms with Crippen LogP contribution in [0, 0.1) is 0 Å². The summed E-state index contributed by atoms with van der Waals surface area (Å²) in [7, 11) is 3.68. The number of carbonyl (C=O) groups excluding carboxylic acids is 2. The summed E-state index contributed by atoms with van der Waals surface area (Å²) in [6.07, 6.45) is 2.71. The van der Waals surface area contributed by atoms with Gasteiger partial charge < -0.3 is 19.9 Å². The summed E-state index contributed by atoms with van der Waals surface area (Å²) >= 11 is 0. The minimum atomic E-state index is -0.430. The molecule has 8 heteroatoms. The first kappa shape index (κ1) is 26.3. The second kappa shape index (κ2) is 13.0. The number of likely N-dealkylation sites (tertiary alicyclic amines) is 1. The monoisotopic (exact) mass is 501 g/mol. The Morgan fingerprint density at radius 2 is 1.76 bits per heavy atom. The van der Waals surface area contributed by atoms with Crippen LogP contribution >= 0.6 is 0 Å². The Bertz CT molecular complexity index is 1160. The maximum atomic E-state index is 12.7. The molecule has 4 rings (SSSR count). The van der Waals surface area contributed by atoms with Gasteiger partial charge in [-0.3, -0.25) is 15.1 Å². The molecular formula is C29H35N5O3. The van der Waals surface area contributed by atoms with Crippen molar-refractivity contribution in [2.24, 2.45) is 0 Å². The second-order valence-electron chi connectivity index (χ2n) is 9.29. The highest BCUT2D eigenvalue weighted by Gasteiger charge is 2.23. The van der Waals surface area contributed by atoms with Crippen LogP contribution in [0.25, 0.3) is 11.1 Å². The lowest BCUT2D eigenvalue weighted by atomic mass is 10.0. The smallest absolute Gasteiger partial charge is 0.411 e. The van der Waals surface area contributed by atoms with Crippen molar-refractivity contribution in [1.29, 1.82) is 0 Å². The van der Waals surface area contributed by atoms with E-state index in [9.17, 15) is 9.59 Å². The van der Waals surface area contributed by atoms with Gasteiger partial charge in [-0.05, 0) is 43.1 Å². The summed E-state index contributed by atoms with van der Waals surface area (Å²) in [6, 6.07) is 21.4. The minimum absolute atomic E-state index is 0.0818. The Morgan fingerprint density at radius 3 is 2.46 bits per heavy atom. The third-order valence-electron chi connectivity index (χ3n) is 6.58. The Hall–Kier alpha value is -3.75. The Morgan fingerprint density at radius 1 is 1.03 bits per heavy atom. The number of carbonyl (C=O) groups is 2. The van der Waals surface area contributed by atoms with E-state index in [1.807, 2.05) is 67.7 Å². The maximum Gasteiger partial charge on any atom is 0.411 e. The van der Waals surface area contributed by atoms with Gasteiger partial charge in [0.1, 0.15) is 11.8 Å². The number of para-hydroxylation sites is 1. The number of hydrogen-bond donors (Lipinski definition) is 2. The third kappa shape index (κ3) is 7.38. The number of anilines is 1. The molecule has 0 spiro atoms. The molecule has 0 atom stereocenters. The van der Waals surface area contributed by atoms with Crippen molar-refractivity contribution < 1.29 is 14.3 Å². The predicted octanol–water partition coefficient (Wildman–Crippen LogP) is 4.25. The van der Waals surface area contributed by atoms with E-state index in [0.29, 0.717) is 12.2 Å². The van der Waals surface area contributed by atoms with Gasteiger partial charge in [-0.2, -0.15) is 0 Å². The van der Waals surface area contributed by atoms with E-state index in [4.69, 9.17) is 4.74 Å². The summed E-state index contributed by atoms with van der Waals surface area (Å²) < 4.78 is 5.73. The molecule has 1 saturated heterocycles. The Labute approximate surface area is 218 Å². The molecule has 1 aliphatic heterocycles. The molecule has 0 radical (unpaired) electrons. The SMILES string of the molecule is CNCc1ccc(C(=O)N(C)CCN2CCC(OC(=O)Nc3ccccc3-c3ccccc3)CC2)nc1. The number of amides is 2. The van der Waals surface area contributed by atoms with Crippen LogP contribution in [0.5, 0.6) is 0 Å². The first-order valence-electron chi connectivity index (χ1n) is 12.7. The molecule has 2 heterocycles. The van der Waals surface area contributed by atoms with Gasteiger partial charge in [-0.1, -0.05) is 54.6 Å². The summed E-state index contributed by atoms with van der Waals surface area (Å²) in [4.78, 5) is 33.6. The molecule has 1 fully saturated rings. The molecule has 8 nitrogen and oxygen atoms in total. The van der Waals surface area contributed by atoms with Crippen LogP contribution in [-0.4, -0.2) is 73.2 Å². The van der Waals surface area contributed by atoms with Gasteiger partial charge in [0.25, 0.3) is 5.91 Å². The summed E-state index contributed by atoms with van der Waals surface area (Å²) in [5.41, 5.74) is 4.22. The van der Waals surface area contributed by atoms with E-state index in [1.54, 1.807) is 24.2 Å². The number of benzene rings is 2. The van der Waals surface area contributed by atoms with E-state index < -0.39 is 6.09 Å². The molecule has 0 aliphatic carbocycles. The fraction of sp³-hybridized carbons (Fsp3) is 0.345.